The quantitative estimate of drug-likeness (QED) is 0.822. The molecule has 0 aromatic heterocycles. The van der Waals surface area contributed by atoms with Gasteiger partial charge in [0.25, 0.3) is 0 Å². The summed E-state index contributed by atoms with van der Waals surface area (Å²) in [5.41, 5.74) is 2.94. The lowest BCUT2D eigenvalue weighted by Crippen LogP contribution is -2.46. The molecule has 0 saturated carbocycles. The lowest BCUT2D eigenvalue weighted by atomic mass is 10.0. The van der Waals surface area contributed by atoms with E-state index in [-0.39, 0.29) is 0 Å². The maximum absolute atomic E-state index is 2.73. The Labute approximate surface area is 117 Å². The molecule has 0 aliphatic carbocycles. The van der Waals surface area contributed by atoms with Gasteiger partial charge in [-0.05, 0) is 63.4 Å². The fourth-order valence-electron chi connectivity index (χ4n) is 3.61. The lowest BCUT2D eigenvalue weighted by molar-refractivity contribution is 0.110. The highest BCUT2D eigenvalue weighted by molar-refractivity contribution is 5.25. The molecule has 0 amide bonds. The van der Waals surface area contributed by atoms with Crippen molar-refractivity contribution < 1.29 is 0 Å². The molecule has 104 valence electrons. The first kappa shape index (κ1) is 13.1. The first-order valence-electron chi connectivity index (χ1n) is 7.84. The van der Waals surface area contributed by atoms with Crippen molar-refractivity contribution in [3.8, 4) is 0 Å². The van der Waals surface area contributed by atoms with E-state index in [0.717, 1.165) is 12.6 Å². The summed E-state index contributed by atoms with van der Waals surface area (Å²) in [5, 5.41) is 0. The van der Waals surface area contributed by atoms with E-state index in [0.29, 0.717) is 0 Å². The Balaban J connectivity index is 1.60. The van der Waals surface area contributed by atoms with Gasteiger partial charge >= 0.3 is 0 Å². The van der Waals surface area contributed by atoms with Crippen LogP contribution in [-0.4, -0.2) is 42.0 Å². The van der Waals surface area contributed by atoms with Crippen molar-refractivity contribution in [1.29, 1.82) is 0 Å². The second-order valence-corrected chi connectivity index (χ2v) is 6.20. The molecular weight excluding hydrogens is 232 g/mol. The molecule has 0 N–H and O–H groups in total. The largest absolute Gasteiger partial charge is 0.299 e. The Kier molecular flexibility index (Phi) is 4.19. The van der Waals surface area contributed by atoms with Gasteiger partial charge in [-0.25, -0.2) is 0 Å². The Bertz CT molecular complexity index is 409. The number of likely N-dealkylation sites (tertiary alicyclic amines) is 2. The van der Waals surface area contributed by atoms with Crippen molar-refractivity contribution in [3.63, 3.8) is 0 Å². The molecule has 1 atom stereocenters. The lowest BCUT2D eigenvalue weighted by Gasteiger charge is -2.37. The van der Waals surface area contributed by atoms with Crippen molar-refractivity contribution in [2.24, 2.45) is 0 Å². The first-order chi connectivity index (χ1) is 9.33. The molecular formula is C17H26N2. The highest BCUT2D eigenvalue weighted by atomic mass is 15.2. The summed E-state index contributed by atoms with van der Waals surface area (Å²) >= 11 is 0. The average molecular weight is 258 g/mol. The minimum Gasteiger partial charge on any atom is -0.299 e. The third-order valence-corrected chi connectivity index (χ3v) is 4.79. The minimum absolute atomic E-state index is 0.820. The highest BCUT2D eigenvalue weighted by Gasteiger charge is 2.26. The van der Waals surface area contributed by atoms with Gasteiger partial charge < -0.3 is 0 Å². The first-order valence-corrected chi connectivity index (χ1v) is 7.84. The Morgan fingerprint density at radius 1 is 1.05 bits per heavy atom. The number of hydrogen-bond acceptors (Lipinski definition) is 2. The van der Waals surface area contributed by atoms with Gasteiger partial charge in [-0.15, -0.1) is 0 Å². The Hall–Kier alpha value is -0.860. The van der Waals surface area contributed by atoms with Gasteiger partial charge in [-0.3, -0.25) is 9.80 Å². The van der Waals surface area contributed by atoms with E-state index < -0.39 is 0 Å². The predicted octanol–water partition coefficient (Wildman–Crippen LogP) is 3.06. The van der Waals surface area contributed by atoms with E-state index in [1.807, 2.05) is 0 Å². The van der Waals surface area contributed by atoms with Gasteiger partial charge in [0, 0.05) is 19.1 Å². The van der Waals surface area contributed by atoms with Gasteiger partial charge in [0.1, 0.15) is 0 Å². The fourth-order valence-corrected chi connectivity index (χ4v) is 3.61. The Morgan fingerprint density at radius 2 is 1.84 bits per heavy atom. The molecule has 2 saturated heterocycles. The maximum Gasteiger partial charge on any atom is 0.0237 e. The summed E-state index contributed by atoms with van der Waals surface area (Å²) in [7, 11) is 0. The summed E-state index contributed by atoms with van der Waals surface area (Å²) in [6.07, 6.45) is 5.60. The molecule has 2 aliphatic rings. The molecule has 0 unspecified atom stereocenters. The van der Waals surface area contributed by atoms with Crippen LogP contribution in [0.15, 0.2) is 24.3 Å². The average Bonchev–Trinajstić information content (AvgIpc) is 2.96. The summed E-state index contributed by atoms with van der Waals surface area (Å²) in [4.78, 5) is 5.39. The van der Waals surface area contributed by atoms with Crippen molar-refractivity contribution in [2.45, 2.75) is 45.2 Å². The van der Waals surface area contributed by atoms with E-state index in [1.165, 1.54) is 63.0 Å². The van der Waals surface area contributed by atoms with Crippen LogP contribution in [0, 0.1) is 6.92 Å². The molecule has 19 heavy (non-hydrogen) atoms. The molecule has 0 bridgehead atoms. The summed E-state index contributed by atoms with van der Waals surface area (Å²) in [6.45, 7) is 8.59. The summed E-state index contributed by atoms with van der Waals surface area (Å²) in [6, 6.07) is 9.65. The molecule has 3 rings (SSSR count). The number of piperidine rings is 1. The van der Waals surface area contributed by atoms with Crippen molar-refractivity contribution >= 4 is 0 Å². The normalized spacial score (nSPS) is 25.8. The van der Waals surface area contributed by atoms with Gasteiger partial charge in [0.15, 0.2) is 0 Å². The van der Waals surface area contributed by atoms with Crippen LogP contribution in [0.1, 0.15) is 36.8 Å². The van der Waals surface area contributed by atoms with Gasteiger partial charge in [-0.2, -0.15) is 0 Å². The number of aryl methyl sites for hydroxylation is 1. The van der Waals surface area contributed by atoms with E-state index >= 15 is 0 Å². The van der Waals surface area contributed by atoms with Crippen molar-refractivity contribution in [1.82, 2.24) is 9.80 Å². The van der Waals surface area contributed by atoms with Crippen molar-refractivity contribution in [2.75, 3.05) is 26.2 Å². The monoisotopic (exact) mass is 258 g/mol. The van der Waals surface area contributed by atoms with E-state index in [2.05, 4.69) is 41.0 Å². The van der Waals surface area contributed by atoms with Gasteiger partial charge in [0.05, 0.1) is 0 Å². The van der Waals surface area contributed by atoms with Crippen LogP contribution >= 0.6 is 0 Å². The van der Waals surface area contributed by atoms with Crippen LogP contribution in [0.2, 0.25) is 0 Å². The van der Waals surface area contributed by atoms with E-state index in [9.17, 15) is 0 Å². The predicted molar refractivity (Wildman–Crippen MR) is 80.3 cm³/mol. The molecule has 1 aromatic rings. The molecule has 2 nitrogen and oxygen atoms in total. The number of nitrogens with zero attached hydrogens (tertiary/aromatic N) is 2. The van der Waals surface area contributed by atoms with Gasteiger partial charge in [0.2, 0.25) is 0 Å². The molecule has 2 heterocycles. The smallest absolute Gasteiger partial charge is 0.0237 e. The van der Waals surface area contributed by atoms with Crippen LogP contribution in [0.4, 0.5) is 0 Å². The summed E-state index contributed by atoms with van der Waals surface area (Å²) < 4.78 is 0. The SMILES string of the molecule is Cc1ccccc1CN1CCC[C@@H](N2CCCC2)C1. The summed E-state index contributed by atoms with van der Waals surface area (Å²) in [5.74, 6) is 0. The second-order valence-electron chi connectivity index (χ2n) is 6.20. The molecule has 0 spiro atoms. The molecule has 2 heteroatoms. The maximum atomic E-state index is 2.73. The molecule has 2 fully saturated rings. The molecule has 0 radical (unpaired) electrons. The van der Waals surface area contributed by atoms with E-state index in [4.69, 9.17) is 0 Å². The topological polar surface area (TPSA) is 6.48 Å². The zero-order valence-corrected chi connectivity index (χ0v) is 12.1. The van der Waals surface area contributed by atoms with Crippen LogP contribution in [0.5, 0.6) is 0 Å². The van der Waals surface area contributed by atoms with Crippen LogP contribution in [-0.2, 0) is 6.54 Å². The van der Waals surface area contributed by atoms with Crippen LogP contribution in [0.25, 0.3) is 0 Å². The molecule has 1 aromatic carbocycles. The zero-order chi connectivity index (χ0) is 13.1. The van der Waals surface area contributed by atoms with E-state index in [1.54, 1.807) is 0 Å². The third-order valence-electron chi connectivity index (χ3n) is 4.79. The standard InChI is InChI=1S/C17H26N2/c1-15-7-2-3-8-16(15)13-18-10-6-9-17(14-18)19-11-4-5-12-19/h2-3,7-8,17H,4-6,9-14H2,1H3/t17-/m1/s1. The number of benzene rings is 1. The third kappa shape index (κ3) is 3.18. The fraction of sp³-hybridized carbons (Fsp3) is 0.647. The highest BCUT2D eigenvalue weighted by Crippen LogP contribution is 2.22. The number of rotatable bonds is 3. The second kappa shape index (κ2) is 6.06. The minimum atomic E-state index is 0.820. The molecule has 2 aliphatic heterocycles. The zero-order valence-electron chi connectivity index (χ0n) is 12.1. The van der Waals surface area contributed by atoms with Gasteiger partial charge in [-0.1, -0.05) is 24.3 Å². The Morgan fingerprint density at radius 3 is 2.63 bits per heavy atom. The van der Waals surface area contributed by atoms with Crippen molar-refractivity contribution in [3.05, 3.63) is 35.4 Å². The van der Waals surface area contributed by atoms with Crippen LogP contribution in [0.3, 0.4) is 0 Å². The number of hydrogen-bond donors (Lipinski definition) is 0. The van der Waals surface area contributed by atoms with Crippen LogP contribution < -0.4 is 0 Å².